The number of amides is 1. The molecular formula is C22H29FN4O2. The number of benzene rings is 1. The highest BCUT2D eigenvalue weighted by Gasteiger charge is 2.37. The Kier molecular flexibility index (Phi) is 5.94. The van der Waals surface area contributed by atoms with Crippen molar-refractivity contribution in [1.82, 2.24) is 19.7 Å². The van der Waals surface area contributed by atoms with Gasteiger partial charge in [-0.3, -0.25) is 4.79 Å². The molecule has 0 unspecified atom stereocenters. The maximum absolute atomic E-state index is 13.4. The lowest BCUT2D eigenvalue weighted by atomic mass is 9.72. The van der Waals surface area contributed by atoms with Gasteiger partial charge in [0.15, 0.2) is 0 Å². The number of nitrogens with zero attached hydrogens (tertiary/aromatic N) is 4. The van der Waals surface area contributed by atoms with Crippen LogP contribution in [0.2, 0.25) is 0 Å². The van der Waals surface area contributed by atoms with Crippen molar-refractivity contribution in [2.75, 3.05) is 26.8 Å². The summed E-state index contributed by atoms with van der Waals surface area (Å²) in [4.78, 5) is 14.6. The Balaban J connectivity index is 1.34. The van der Waals surface area contributed by atoms with Crippen molar-refractivity contribution >= 4 is 5.91 Å². The SMILES string of the molecule is COCCc1nnc2n1CCC1(CC2)CCN(C(=O)Cc2cccc(F)c2)CC1. The average Bonchev–Trinajstić information content (AvgIpc) is 3.03. The second-order valence-electron chi connectivity index (χ2n) is 8.36. The minimum Gasteiger partial charge on any atom is -0.384 e. The molecule has 2 aliphatic rings. The van der Waals surface area contributed by atoms with Gasteiger partial charge in [-0.2, -0.15) is 0 Å². The lowest BCUT2D eigenvalue weighted by Gasteiger charge is -2.41. The Morgan fingerprint density at radius 3 is 2.72 bits per heavy atom. The summed E-state index contributed by atoms with van der Waals surface area (Å²) in [5.41, 5.74) is 1.01. The molecule has 2 aromatic rings. The number of rotatable bonds is 5. The Bertz CT molecular complexity index is 858. The first-order valence-electron chi connectivity index (χ1n) is 10.5. The maximum atomic E-state index is 13.4. The van der Waals surface area contributed by atoms with Gasteiger partial charge in [-0.05, 0) is 48.8 Å². The molecule has 3 heterocycles. The number of aryl methyl sites for hydroxylation is 1. The van der Waals surface area contributed by atoms with E-state index in [2.05, 4.69) is 14.8 Å². The van der Waals surface area contributed by atoms with Gasteiger partial charge in [0.1, 0.15) is 17.5 Å². The highest BCUT2D eigenvalue weighted by molar-refractivity contribution is 5.78. The van der Waals surface area contributed by atoms with Crippen LogP contribution in [0.4, 0.5) is 4.39 Å². The van der Waals surface area contributed by atoms with Crippen molar-refractivity contribution in [3.8, 4) is 0 Å². The van der Waals surface area contributed by atoms with Crippen LogP contribution in [-0.2, 0) is 35.3 Å². The quantitative estimate of drug-likeness (QED) is 0.774. The predicted octanol–water partition coefficient (Wildman–Crippen LogP) is 2.79. The summed E-state index contributed by atoms with van der Waals surface area (Å²) in [7, 11) is 1.71. The summed E-state index contributed by atoms with van der Waals surface area (Å²) in [5.74, 6) is 1.90. The van der Waals surface area contributed by atoms with E-state index in [1.165, 1.54) is 12.1 Å². The lowest BCUT2D eigenvalue weighted by Crippen LogP contribution is -2.44. The summed E-state index contributed by atoms with van der Waals surface area (Å²) < 4.78 is 20.8. The lowest BCUT2D eigenvalue weighted by molar-refractivity contribution is -0.133. The molecule has 29 heavy (non-hydrogen) atoms. The maximum Gasteiger partial charge on any atom is 0.226 e. The van der Waals surface area contributed by atoms with Crippen LogP contribution in [0.15, 0.2) is 24.3 Å². The third-order valence-electron chi connectivity index (χ3n) is 6.60. The third kappa shape index (κ3) is 4.50. The van der Waals surface area contributed by atoms with Gasteiger partial charge in [-0.25, -0.2) is 4.39 Å². The topological polar surface area (TPSA) is 60.3 Å². The largest absolute Gasteiger partial charge is 0.384 e. The summed E-state index contributed by atoms with van der Waals surface area (Å²) >= 11 is 0. The van der Waals surface area contributed by atoms with Crippen molar-refractivity contribution in [3.63, 3.8) is 0 Å². The second kappa shape index (κ2) is 8.61. The van der Waals surface area contributed by atoms with E-state index in [9.17, 15) is 9.18 Å². The molecule has 0 radical (unpaired) electrons. The number of ether oxygens (including phenoxy) is 1. The summed E-state index contributed by atoms with van der Waals surface area (Å²) in [6.07, 6.45) is 6.25. The molecule has 1 fully saturated rings. The van der Waals surface area contributed by atoms with Crippen LogP contribution in [-0.4, -0.2) is 52.4 Å². The Labute approximate surface area is 171 Å². The molecule has 1 amide bonds. The minimum atomic E-state index is -0.289. The Morgan fingerprint density at radius 1 is 1.17 bits per heavy atom. The highest BCUT2D eigenvalue weighted by atomic mass is 19.1. The van der Waals surface area contributed by atoms with Gasteiger partial charge in [-0.15, -0.1) is 10.2 Å². The minimum absolute atomic E-state index is 0.0954. The number of likely N-dealkylation sites (tertiary alicyclic amines) is 1. The number of fused-ring (bicyclic) bond motifs is 1. The van der Waals surface area contributed by atoms with Gasteiger partial charge in [0.25, 0.3) is 0 Å². The van der Waals surface area contributed by atoms with Crippen LogP contribution in [0.1, 0.15) is 42.9 Å². The number of hydrogen-bond acceptors (Lipinski definition) is 4. The van der Waals surface area contributed by atoms with Gasteiger partial charge in [0.2, 0.25) is 5.91 Å². The zero-order chi connectivity index (χ0) is 20.3. The number of piperidine rings is 1. The first kappa shape index (κ1) is 20.0. The number of carbonyl (C=O) groups excluding carboxylic acids is 1. The number of methoxy groups -OCH3 is 1. The number of halogens is 1. The molecule has 6 nitrogen and oxygen atoms in total. The number of carbonyl (C=O) groups is 1. The first-order valence-corrected chi connectivity index (χ1v) is 10.5. The van der Waals surface area contributed by atoms with Crippen LogP contribution in [0.5, 0.6) is 0 Å². The van der Waals surface area contributed by atoms with E-state index >= 15 is 0 Å². The van der Waals surface area contributed by atoms with Crippen molar-refractivity contribution < 1.29 is 13.9 Å². The van der Waals surface area contributed by atoms with E-state index in [1.54, 1.807) is 13.2 Å². The van der Waals surface area contributed by atoms with Crippen molar-refractivity contribution in [1.29, 1.82) is 0 Å². The molecular weight excluding hydrogens is 371 g/mol. The van der Waals surface area contributed by atoms with E-state index in [4.69, 9.17) is 4.74 Å². The van der Waals surface area contributed by atoms with Crippen molar-refractivity contribution in [2.24, 2.45) is 5.41 Å². The normalized spacial score (nSPS) is 18.5. The predicted molar refractivity (Wildman–Crippen MR) is 107 cm³/mol. The van der Waals surface area contributed by atoms with E-state index in [0.29, 0.717) is 6.61 Å². The van der Waals surface area contributed by atoms with Crippen LogP contribution >= 0.6 is 0 Å². The zero-order valence-electron chi connectivity index (χ0n) is 17.1. The van der Waals surface area contributed by atoms with Crippen LogP contribution in [0.25, 0.3) is 0 Å². The molecule has 1 saturated heterocycles. The molecule has 1 aromatic heterocycles. The molecule has 1 aromatic carbocycles. The molecule has 0 saturated carbocycles. The average molecular weight is 400 g/mol. The number of hydrogen-bond donors (Lipinski definition) is 0. The van der Waals surface area contributed by atoms with Gasteiger partial charge in [-0.1, -0.05) is 12.1 Å². The highest BCUT2D eigenvalue weighted by Crippen LogP contribution is 2.41. The van der Waals surface area contributed by atoms with Crippen LogP contribution in [0, 0.1) is 11.2 Å². The van der Waals surface area contributed by atoms with E-state index in [1.807, 2.05) is 11.0 Å². The van der Waals surface area contributed by atoms with Gasteiger partial charge in [0, 0.05) is 39.6 Å². The summed E-state index contributed by atoms with van der Waals surface area (Å²) in [6, 6.07) is 6.33. The molecule has 156 valence electrons. The van der Waals surface area contributed by atoms with Crippen LogP contribution in [0.3, 0.4) is 0 Å². The van der Waals surface area contributed by atoms with Gasteiger partial charge < -0.3 is 14.2 Å². The molecule has 0 atom stereocenters. The van der Waals surface area contributed by atoms with E-state index < -0.39 is 0 Å². The molecule has 1 spiro atoms. The molecule has 0 N–H and O–H groups in total. The molecule has 4 rings (SSSR count). The van der Waals surface area contributed by atoms with Crippen molar-refractivity contribution in [2.45, 2.75) is 51.5 Å². The van der Waals surface area contributed by atoms with E-state index in [-0.39, 0.29) is 23.6 Å². The third-order valence-corrected chi connectivity index (χ3v) is 6.60. The van der Waals surface area contributed by atoms with Crippen LogP contribution < -0.4 is 0 Å². The van der Waals surface area contributed by atoms with Crippen molar-refractivity contribution in [3.05, 3.63) is 47.3 Å². The summed E-state index contributed by atoms with van der Waals surface area (Å²) in [5, 5.41) is 8.75. The van der Waals surface area contributed by atoms with Gasteiger partial charge >= 0.3 is 0 Å². The molecule has 0 bridgehead atoms. The fraction of sp³-hybridized carbons (Fsp3) is 0.591. The standard InChI is InChI=1S/C22H29FN4O2/c1-29-14-6-20-25-24-19-5-7-22(10-13-27(19)20)8-11-26(12-9-22)21(28)16-17-3-2-4-18(23)15-17/h2-4,15H,5-14,16H2,1H3. The Hall–Kier alpha value is -2.28. The first-order chi connectivity index (χ1) is 14.1. The zero-order valence-corrected chi connectivity index (χ0v) is 17.1. The second-order valence-corrected chi connectivity index (χ2v) is 8.36. The monoisotopic (exact) mass is 400 g/mol. The fourth-order valence-corrected chi connectivity index (χ4v) is 4.71. The molecule has 0 aliphatic carbocycles. The molecule has 2 aliphatic heterocycles. The summed E-state index contributed by atoms with van der Waals surface area (Å²) in [6.45, 7) is 3.17. The van der Waals surface area contributed by atoms with E-state index in [0.717, 1.165) is 75.4 Å². The Morgan fingerprint density at radius 2 is 1.97 bits per heavy atom. The van der Waals surface area contributed by atoms with Gasteiger partial charge in [0.05, 0.1) is 13.0 Å². The fourth-order valence-electron chi connectivity index (χ4n) is 4.71. The smallest absolute Gasteiger partial charge is 0.226 e. The molecule has 7 heteroatoms. The number of aromatic nitrogens is 3.